The fraction of sp³-hybridized carbons (Fsp3) is 0.750. The van der Waals surface area contributed by atoms with Gasteiger partial charge in [-0.25, -0.2) is 9.67 Å². The Morgan fingerprint density at radius 2 is 2.46 bits per heavy atom. The first-order valence-corrected chi connectivity index (χ1v) is 5.12. The molecular formula is C8H12BrN3O. The van der Waals surface area contributed by atoms with Crippen LogP contribution in [0.2, 0.25) is 0 Å². The lowest BCUT2D eigenvalue weighted by Crippen LogP contribution is -2.32. The number of nitrogens with zero attached hydrogens (tertiary/aromatic N) is 3. The van der Waals surface area contributed by atoms with Gasteiger partial charge in [-0.1, -0.05) is 6.92 Å². The van der Waals surface area contributed by atoms with Crippen LogP contribution in [0.4, 0.5) is 0 Å². The Labute approximate surface area is 85.1 Å². The van der Waals surface area contributed by atoms with Crippen molar-refractivity contribution in [3.05, 3.63) is 10.6 Å². The maximum absolute atomic E-state index is 9.21. The van der Waals surface area contributed by atoms with E-state index in [-0.39, 0.29) is 12.0 Å². The van der Waals surface area contributed by atoms with Crippen LogP contribution in [0, 0.1) is 5.41 Å². The van der Waals surface area contributed by atoms with Crippen LogP contribution in [-0.2, 0) is 13.0 Å². The molecule has 1 N–H and O–H groups in total. The van der Waals surface area contributed by atoms with Crippen LogP contribution >= 0.6 is 15.9 Å². The minimum absolute atomic E-state index is 0.0114. The van der Waals surface area contributed by atoms with E-state index in [1.807, 2.05) is 4.68 Å². The van der Waals surface area contributed by atoms with E-state index < -0.39 is 0 Å². The SMILES string of the molecule is CC1(CO)CCn2nc(Br)nc2C1. The van der Waals surface area contributed by atoms with E-state index >= 15 is 0 Å². The van der Waals surface area contributed by atoms with Crippen LogP contribution in [0.3, 0.4) is 0 Å². The summed E-state index contributed by atoms with van der Waals surface area (Å²) in [4.78, 5) is 4.25. The van der Waals surface area contributed by atoms with Gasteiger partial charge in [0, 0.05) is 19.6 Å². The Hall–Kier alpha value is -0.420. The van der Waals surface area contributed by atoms with E-state index in [1.54, 1.807) is 0 Å². The van der Waals surface area contributed by atoms with Gasteiger partial charge in [0.1, 0.15) is 5.82 Å². The molecule has 0 fully saturated rings. The summed E-state index contributed by atoms with van der Waals surface area (Å²) in [6.45, 7) is 3.15. The summed E-state index contributed by atoms with van der Waals surface area (Å²) in [7, 11) is 0. The Bertz CT molecular complexity index is 325. The number of hydrogen-bond acceptors (Lipinski definition) is 3. The monoisotopic (exact) mass is 245 g/mol. The van der Waals surface area contributed by atoms with E-state index in [1.165, 1.54) is 0 Å². The topological polar surface area (TPSA) is 50.9 Å². The molecule has 72 valence electrons. The molecule has 0 saturated carbocycles. The van der Waals surface area contributed by atoms with Crippen molar-refractivity contribution in [2.75, 3.05) is 6.61 Å². The predicted octanol–water partition coefficient (Wildman–Crippen LogP) is 0.985. The van der Waals surface area contributed by atoms with Crippen LogP contribution in [0.1, 0.15) is 19.2 Å². The van der Waals surface area contributed by atoms with Gasteiger partial charge in [-0.05, 0) is 27.8 Å². The zero-order chi connectivity index (χ0) is 9.47. The van der Waals surface area contributed by atoms with Crippen LogP contribution in [0.5, 0.6) is 0 Å². The van der Waals surface area contributed by atoms with E-state index in [9.17, 15) is 5.11 Å². The highest BCUT2D eigenvalue weighted by molar-refractivity contribution is 9.10. The number of hydrogen-bond donors (Lipinski definition) is 1. The highest BCUT2D eigenvalue weighted by atomic mass is 79.9. The molecule has 1 unspecified atom stereocenters. The largest absolute Gasteiger partial charge is 0.396 e. The lowest BCUT2D eigenvalue weighted by Gasteiger charge is -2.30. The third-order valence-corrected chi connectivity index (χ3v) is 2.95. The normalized spacial score (nSPS) is 27.3. The maximum atomic E-state index is 9.21. The van der Waals surface area contributed by atoms with Crippen molar-refractivity contribution in [3.63, 3.8) is 0 Å². The molecule has 1 atom stereocenters. The average Bonchev–Trinajstić information content (AvgIpc) is 2.44. The molecule has 1 aliphatic rings. The number of aliphatic hydroxyl groups excluding tert-OH is 1. The Morgan fingerprint density at radius 1 is 1.69 bits per heavy atom. The minimum Gasteiger partial charge on any atom is -0.396 e. The highest BCUT2D eigenvalue weighted by Gasteiger charge is 2.31. The summed E-state index contributed by atoms with van der Waals surface area (Å²) in [5.41, 5.74) is -0.0114. The Kier molecular flexibility index (Phi) is 2.15. The summed E-state index contributed by atoms with van der Waals surface area (Å²) in [5.74, 6) is 0.967. The molecule has 13 heavy (non-hydrogen) atoms. The lowest BCUT2D eigenvalue weighted by molar-refractivity contribution is 0.108. The zero-order valence-electron chi connectivity index (χ0n) is 7.50. The van der Waals surface area contributed by atoms with Gasteiger partial charge in [0.15, 0.2) is 0 Å². The standard InChI is InChI=1S/C8H12BrN3O/c1-8(5-13)2-3-12-6(4-8)10-7(9)11-12/h13H,2-5H2,1H3. The molecule has 0 spiro atoms. The summed E-state index contributed by atoms with van der Waals surface area (Å²) >= 11 is 3.25. The molecule has 4 nitrogen and oxygen atoms in total. The van der Waals surface area contributed by atoms with Crippen molar-refractivity contribution in [1.29, 1.82) is 0 Å². The molecular weight excluding hydrogens is 234 g/mol. The third kappa shape index (κ3) is 1.62. The number of halogens is 1. The fourth-order valence-electron chi connectivity index (χ4n) is 1.63. The van der Waals surface area contributed by atoms with Gasteiger partial charge >= 0.3 is 0 Å². The molecule has 0 aliphatic carbocycles. The molecule has 5 heteroatoms. The van der Waals surface area contributed by atoms with Crippen molar-refractivity contribution in [3.8, 4) is 0 Å². The zero-order valence-corrected chi connectivity index (χ0v) is 9.08. The van der Waals surface area contributed by atoms with E-state index in [0.29, 0.717) is 4.73 Å². The molecule has 0 aromatic carbocycles. The molecule has 0 saturated heterocycles. The van der Waals surface area contributed by atoms with Gasteiger partial charge in [-0.15, -0.1) is 5.10 Å². The van der Waals surface area contributed by atoms with Crippen LogP contribution in [0.15, 0.2) is 4.73 Å². The maximum Gasteiger partial charge on any atom is 0.217 e. The predicted molar refractivity (Wildman–Crippen MR) is 51.2 cm³/mol. The third-order valence-electron chi connectivity index (χ3n) is 2.62. The number of aliphatic hydroxyl groups is 1. The smallest absolute Gasteiger partial charge is 0.217 e. The molecule has 0 amide bonds. The summed E-state index contributed by atoms with van der Waals surface area (Å²) in [5, 5.41) is 13.4. The van der Waals surface area contributed by atoms with Crippen molar-refractivity contribution in [2.45, 2.75) is 26.3 Å². The number of aryl methyl sites for hydroxylation is 1. The number of aromatic nitrogens is 3. The van der Waals surface area contributed by atoms with Crippen molar-refractivity contribution in [2.24, 2.45) is 5.41 Å². The first-order chi connectivity index (χ1) is 6.13. The highest BCUT2D eigenvalue weighted by Crippen LogP contribution is 2.30. The number of rotatable bonds is 1. The van der Waals surface area contributed by atoms with Crippen LogP contribution in [-0.4, -0.2) is 26.5 Å². The van der Waals surface area contributed by atoms with E-state index in [2.05, 4.69) is 32.9 Å². The molecule has 1 aromatic rings. The van der Waals surface area contributed by atoms with E-state index in [0.717, 1.165) is 25.2 Å². The summed E-state index contributed by atoms with van der Waals surface area (Å²) < 4.78 is 2.55. The van der Waals surface area contributed by atoms with Gasteiger partial charge in [0.2, 0.25) is 4.73 Å². The average molecular weight is 246 g/mol. The van der Waals surface area contributed by atoms with Gasteiger partial charge in [-0.3, -0.25) is 0 Å². The molecule has 0 bridgehead atoms. The van der Waals surface area contributed by atoms with Gasteiger partial charge in [0.05, 0.1) is 0 Å². The Balaban J connectivity index is 2.28. The lowest BCUT2D eigenvalue weighted by atomic mass is 9.82. The second kappa shape index (κ2) is 3.06. The molecule has 0 radical (unpaired) electrons. The number of fused-ring (bicyclic) bond motifs is 1. The minimum atomic E-state index is -0.0114. The first-order valence-electron chi connectivity index (χ1n) is 4.33. The van der Waals surface area contributed by atoms with Crippen molar-refractivity contribution >= 4 is 15.9 Å². The van der Waals surface area contributed by atoms with Crippen molar-refractivity contribution in [1.82, 2.24) is 14.8 Å². The molecule has 1 aromatic heterocycles. The molecule has 2 rings (SSSR count). The van der Waals surface area contributed by atoms with Gasteiger partial charge in [0.25, 0.3) is 0 Å². The molecule has 1 aliphatic heterocycles. The molecule has 2 heterocycles. The van der Waals surface area contributed by atoms with E-state index in [4.69, 9.17) is 0 Å². The summed E-state index contributed by atoms with van der Waals surface area (Å²) in [6.07, 6.45) is 1.77. The van der Waals surface area contributed by atoms with Crippen molar-refractivity contribution < 1.29 is 5.11 Å². The quantitative estimate of drug-likeness (QED) is 0.803. The summed E-state index contributed by atoms with van der Waals surface area (Å²) in [6, 6.07) is 0. The van der Waals surface area contributed by atoms with Gasteiger partial charge < -0.3 is 5.11 Å². The second-order valence-corrected chi connectivity index (χ2v) is 4.63. The van der Waals surface area contributed by atoms with Crippen LogP contribution < -0.4 is 0 Å². The Morgan fingerprint density at radius 3 is 3.15 bits per heavy atom. The second-order valence-electron chi connectivity index (χ2n) is 3.92. The van der Waals surface area contributed by atoms with Gasteiger partial charge in [-0.2, -0.15) is 0 Å². The first kappa shape index (κ1) is 9.15. The fourth-order valence-corrected chi connectivity index (χ4v) is 2.03. The van der Waals surface area contributed by atoms with Crippen LogP contribution in [0.25, 0.3) is 0 Å².